The van der Waals surface area contributed by atoms with E-state index in [1.54, 1.807) is 24.3 Å². The van der Waals surface area contributed by atoms with Crippen LogP contribution in [-0.2, 0) is 16.0 Å². The Morgan fingerprint density at radius 3 is 2.25 bits per heavy atom. The van der Waals surface area contributed by atoms with Crippen LogP contribution in [0.3, 0.4) is 0 Å². The van der Waals surface area contributed by atoms with Crippen molar-refractivity contribution in [2.24, 2.45) is 5.73 Å². The van der Waals surface area contributed by atoms with E-state index in [4.69, 9.17) is 5.73 Å². The van der Waals surface area contributed by atoms with Crippen molar-refractivity contribution in [3.8, 4) is 0 Å². The van der Waals surface area contributed by atoms with Gasteiger partial charge in [0.2, 0.25) is 11.8 Å². The molecule has 0 saturated heterocycles. The molecule has 20 heavy (non-hydrogen) atoms. The number of hydrogen-bond donors (Lipinski definition) is 3. The van der Waals surface area contributed by atoms with Crippen molar-refractivity contribution < 1.29 is 9.59 Å². The van der Waals surface area contributed by atoms with Crippen molar-refractivity contribution in [1.82, 2.24) is 5.32 Å². The molecule has 0 atom stereocenters. The van der Waals surface area contributed by atoms with E-state index in [9.17, 15) is 9.59 Å². The molecule has 1 rings (SSSR count). The van der Waals surface area contributed by atoms with Crippen LogP contribution in [0.15, 0.2) is 24.3 Å². The zero-order valence-corrected chi connectivity index (χ0v) is 12.3. The molecule has 5 heteroatoms. The van der Waals surface area contributed by atoms with Crippen molar-refractivity contribution in [3.63, 3.8) is 0 Å². The van der Waals surface area contributed by atoms with Gasteiger partial charge in [-0.05, 0) is 38.5 Å². The summed E-state index contributed by atoms with van der Waals surface area (Å²) in [4.78, 5) is 22.5. The summed E-state index contributed by atoms with van der Waals surface area (Å²) < 4.78 is 0. The minimum Gasteiger partial charge on any atom is -0.369 e. The van der Waals surface area contributed by atoms with Gasteiger partial charge >= 0.3 is 0 Å². The zero-order valence-electron chi connectivity index (χ0n) is 12.3. The fourth-order valence-electron chi connectivity index (χ4n) is 1.68. The number of rotatable bonds is 6. The van der Waals surface area contributed by atoms with E-state index in [2.05, 4.69) is 31.4 Å². The van der Waals surface area contributed by atoms with Gasteiger partial charge in [-0.2, -0.15) is 0 Å². The number of carbonyl (C=O) groups excluding carboxylic acids is 2. The van der Waals surface area contributed by atoms with Gasteiger partial charge in [-0.25, -0.2) is 0 Å². The second kappa shape index (κ2) is 7.05. The summed E-state index contributed by atoms with van der Waals surface area (Å²) in [6, 6.07) is 7.11. The Balaban J connectivity index is 2.40. The van der Waals surface area contributed by atoms with Crippen molar-refractivity contribution >= 4 is 17.5 Å². The molecule has 5 nitrogen and oxygen atoms in total. The first-order chi connectivity index (χ1) is 9.26. The van der Waals surface area contributed by atoms with Crippen LogP contribution in [-0.4, -0.2) is 23.9 Å². The normalized spacial score (nSPS) is 11.2. The van der Waals surface area contributed by atoms with E-state index in [-0.39, 0.29) is 23.8 Å². The lowest BCUT2D eigenvalue weighted by atomic mass is 10.1. The van der Waals surface area contributed by atoms with Crippen molar-refractivity contribution in [1.29, 1.82) is 0 Å². The Morgan fingerprint density at radius 2 is 1.75 bits per heavy atom. The van der Waals surface area contributed by atoms with Gasteiger partial charge in [0.05, 0.1) is 6.42 Å². The smallest absolute Gasteiger partial charge is 0.225 e. The van der Waals surface area contributed by atoms with Gasteiger partial charge in [-0.15, -0.1) is 0 Å². The van der Waals surface area contributed by atoms with Gasteiger partial charge < -0.3 is 16.4 Å². The number of hydrogen-bond acceptors (Lipinski definition) is 3. The third-order valence-electron chi connectivity index (χ3n) is 2.62. The van der Waals surface area contributed by atoms with Crippen LogP contribution in [0, 0.1) is 0 Å². The number of carbonyl (C=O) groups is 2. The Labute approximate surface area is 119 Å². The third-order valence-corrected chi connectivity index (χ3v) is 2.62. The number of primary amides is 1. The fraction of sp³-hybridized carbons (Fsp3) is 0.467. The molecule has 4 N–H and O–H groups in total. The van der Waals surface area contributed by atoms with E-state index in [1.165, 1.54) is 0 Å². The molecule has 0 aliphatic heterocycles. The lowest BCUT2D eigenvalue weighted by Gasteiger charge is -2.20. The summed E-state index contributed by atoms with van der Waals surface area (Å²) in [5.41, 5.74) is 6.69. The van der Waals surface area contributed by atoms with Crippen molar-refractivity contribution in [2.75, 3.05) is 11.9 Å². The molecule has 0 fully saturated rings. The molecular weight excluding hydrogens is 254 g/mol. The predicted octanol–water partition coefficient (Wildman–Crippen LogP) is 1.43. The Hall–Kier alpha value is -1.88. The summed E-state index contributed by atoms with van der Waals surface area (Å²) in [6.45, 7) is 6.81. The third kappa shape index (κ3) is 6.89. The Kier molecular flexibility index (Phi) is 5.70. The second-order valence-corrected chi connectivity index (χ2v) is 5.81. The van der Waals surface area contributed by atoms with Gasteiger partial charge in [-0.3, -0.25) is 9.59 Å². The fourth-order valence-corrected chi connectivity index (χ4v) is 1.68. The van der Waals surface area contributed by atoms with Gasteiger partial charge in [-0.1, -0.05) is 12.1 Å². The molecule has 0 saturated carbocycles. The highest BCUT2D eigenvalue weighted by Gasteiger charge is 2.09. The van der Waals surface area contributed by atoms with Crippen LogP contribution in [0.2, 0.25) is 0 Å². The maximum atomic E-state index is 11.7. The number of benzene rings is 1. The predicted molar refractivity (Wildman–Crippen MR) is 80.3 cm³/mol. The first kappa shape index (κ1) is 16.2. The summed E-state index contributed by atoms with van der Waals surface area (Å²) >= 11 is 0. The van der Waals surface area contributed by atoms with Crippen LogP contribution < -0.4 is 16.4 Å². The Morgan fingerprint density at radius 1 is 1.15 bits per heavy atom. The highest BCUT2D eigenvalue weighted by molar-refractivity contribution is 5.90. The summed E-state index contributed by atoms with van der Waals surface area (Å²) in [7, 11) is 0. The molecule has 1 aromatic rings. The van der Waals surface area contributed by atoms with Crippen LogP contribution in [0.5, 0.6) is 0 Å². The molecule has 0 aromatic heterocycles. The van der Waals surface area contributed by atoms with Crippen LogP contribution >= 0.6 is 0 Å². The van der Waals surface area contributed by atoms with Crippen molar-refractivity contribution in [2.45, 2.75) is 39.2 Å². The number of anilines is 1. The molecule has 0 bridgehead atoms. The monoisotopic (exact) mass is 277 g/mol. The second-order valence-electron chi connectivity index (χ2n) is 5.81. The summed E-state index contributed by atoms with van der Waals surface area (Å²) in [5.74, 6) is -0.403. The standard InChI is InChI=1S/C15H23N3O2/c1-15(2,3)17-9-8-14(20)18-12-6-4-11(5-7-12)10-13(16)19/h4-7,17H,8-10H2,1-3H3,(H2,16,19)(H,18,20). The molecule has 0 unspecified atom stereocenters. The Bertz CT molecular complexity index is 461. The first-order valence-corrected chi connectivity index (χ1v) is 6.68. The van der Waals surface area contributed by atoms with Crippen LogP contribution in [0.25, 0.3) is 0 Å². The SMILES string of the molecule is CC(C)(C)NCCC(=O)Nc1ccc(CC(N)=O)cc1. The average molecular weight is 277 g/mol. The highest BCUT2D eigenvalue weighted by atomic mass is 16.1. The number of nitrogens with one attached hydrogen (secondary N) is 2. The number of amides is 2. The van der Waals surface area contributed by atoms with E-state index in [1.807, 2.05) is 0 Å². The molecular formula is C15H23N3O2. The molecule has 1 aromatic carbocycles. The lowest BCUT2D eigenvalue weighted by Crippen LogP contribution is -2.37. The summed E-state index contributed by atoms with van der Waals surface area (Å²) in [6.07, 6.45) is 0.629. The van der Waals surface area contributed by atoms with Crippen molar-refractivity contribution in [3.05, 3.63) is 29.8 Å². The zero-order chi connectivity index (χ0) is 15.2. The minimum atomic E-state index is -0.366. The molecule has 2 amide bonds. The van der Waals surface area contributed by atoms with Crippen LogP contribution in [0.1, 0.15) is 32.8 Å². The molecule has 0 radical (unpaired) electrons. The highest BCUT2D eigenvalue weighted by Crippen LogP contribution is 2.10. The molecule has 0 aliphatic carbocycles. The van der Waals surface area contributed by atoms with Gasteiger partial charge in [0, 0.05) is 24.2 Å². The molecule has 0 aliphatic rings. The van der Waals surface area contributed by atoms with E-state index in [0.29, 0.717) is 13.0 Å². The van der Waals surface area contributed by atoms with Crippen LogP contribution in [0.4, 0.5) is 5.69 Å². The van der Waals surface area contributed by atoms with Gasteiger partial charge in [0.1, 0.15) is 0 Å². The minimum absolute atomic E-state index is 0.0106. The van der Waals surface area contributed by atoms with E-state index >= 15 is 0 Å². The molecule has 110 valence electrons. The maximum Gasteiger partial charge on any atom is 0.225 e. The van der Waals surface area contributed by atoms with E-state index in [0.717, 1.165) is 11.3 Å². The summed E-state index contributed by atoms with van der Waals surface area (Å²) in [5, 5.41) is 6.07. The van der Waals surface area contributed by atoms with Gasteiger partial charge in [0.15, 0.2) is 0 Å². The molecule has 0 spiro atoms. The lowest BCUT2D eigenvalue weighted by molar-refractivity contribution is -0.117. The quantitative estimate of drug-likeness (QED) is 0.735. The average Bonchev–Trinajstić information content (AvgIpc) is 2.29. The van der Waals surface area contributed by atoms with E-state index < -0.39 is 0 Å². The van der Waals surface area contributed by atoms with Gasteiger partial charge in [0.25, 0.3) is 0 Å². The number of nitrogens with two attached hydrogens (primary N) is 1. The maximum absolute atomic E-state index is 11.7. The largest absolute Gasteiger partial charge is 0.369 e. The first-order valence-electron chi connectivity index (χ1n) is 6.68. The topological polar surface area (TPSA) is 84.2 Å². The molecule has 0 heterocycles.